The molecule has 0 bridgehead atoms. The highest BCUT2D eigenvalue weighted by atomic mass is 16.5. The van der Waals surface area contributed by atoms with E-state index in [1.165, 1.54) is 0 Å². The predicted molar refractivity (Wildman–Crippen MR) is 45.1 cm³/mol. The Bertz CT molecular complexity index is 107. The molecule has 0 aromatic heterocycles. The Labute approximate surface area is 64.1 Å². The molecule has 0 amide bonds. The summed E-state index contributed by atoms with van der Waals surface area (Å²) in [4.78, 5) is 0. The summed E-state index contributed by atoms with van der Waals surface area (Å²) in [6, 6.07) is 0. The molecule has 1 heteroatoms. The molecule has 0 spiro atoms. The molecular formula is C9H18O. The topological polar surface area (TPSA) is 9.23 Å². The second-order valence-electron chi connectivity index (χ2n) is 3.16. The number of methoxy groups -OCH3 is 1. The molecule has 10 heavy (non-hydrogen) atoms. The van der Waals surface area contributed by atoms with Gasteiger partial charge < -0.3 is 4.74 Å². The van der Waals surface area contributed by atoms with Gasteiger partial charge in [0.15, 0.2) is 0 Å². The monoisotopic (exact) mass is 142 g/mol. The maximum Gasteiger partial charge on any atom is 0.0707 e. The Morgan fingerprint density at radius 1 is 1.60 bits per heavy atom. The molecule has 0 saturated heterocycles. The zero-order valence-electron chi connectivity index (χ0n) is 7.48. The van der Waals surface area contributed by atoms with Crippen molar-refractivity contribution < 1.29 is 4.74 Å². The average molecular weight is 142 g/mol. The van der Waals surface area contributed by atoms with E-state index < -0.39 is 0 Å². The van der Waals surface area contributed by atoms with Crippen molar-refractivity contribution in [2.75, 3.05) is 7.11 Å². The summed E-state index contributed by atoms with van der Waals surface area (Å²) >= 11 is 0. The SMILES string of the molecule is C=CC[C@@](C)(OC)C(C)C. The molecule has 0 aromatic rings. The maximum absolute atomic E-state index is 5.37. The summed E-state index contributed by atoms with van der Waals surface area (Å²) in [6.07, 6.45) is 2.82. The van der Waals surface area contributed by atoms with Gasteiger partial charge in [0.25, 0.3) is 0 Å². The van der Waals surface area contributed by atoms with Gasteiger partial charge in [-0.2, -0.15) is 0 Å². The minimum absolute atomic E-state index is 0.0260. The van der Waals surface area contributed by atoms with E-state index in [9.17, 15) is 0 Å². The third kappa shape index (κ3) is 2.14. The first kappa shape index (κ1) is 9.70. The zero-order valence-corrected chi connectivity index (χ0v) is 7.48. The van der Waals surface area contributed by atoms with Crippen molar-refractivity contribution in [3.63, 3.8) is 0 Å². The molecule has 0 N–H and O–H groups in total. The Balaban J connectivity index is 4.07. The molecule has 0 radical (unpaired) electrons. The third-order valence-electron chi connectivity index (χ3n) is 2.24. The Kier molecular flexibility index (Phi) is 3.66. The molecule has 0 rings (SSSR count). The van der Waals surface area contributed by atoms with Crippen LogP contribution in [-0.4, -0.2) is 12.7 Å². The van der Waals surface area contributed by atoms with E-state index >= 15 is 0 Å². The first-order valence-corrected chi connectivity index (χ1v) is 3.73. The summed E-state index contributed by atoms with van der Waals surface area (Å²) in [7, 11) is 1.75. The molecule has 1 nitrogen and oxygen atoms in total. The average Bonchev–Trinajstić information content (AvgIpc) is 1.88. The van der Waals surface area contributed by atoms with Crippen LogP contribution in [0.1, 0.15) is 27.2 Å². The number of ether oxygens (including phenoxy) is 1. The first-order valence-electron chi connectivity index (χ1n) is 3.73. The molecule has 0 heterocycles. The van der Waals surface area contributed by atoms with E-state index in [1.807, 2.05) is 6.08 Å². The molecule has 0 aliphatic heterocycles. The summed E-state index contributed by atoms with van der Waals surface area (Å²) < 4.78 is 5.37. The van der Waals surface area contributed by atoms with Crippen LogP contribution in [0, 0.1) is 5.92 Å². The molecule has 0 aromatic carbocycles. The van der Waals surface area contributed by atoms with Crippen LogP contribution in [0.2, 0.25) is 0 Å². The minimum Gasteiger partial charge on any atom is -0.378 e. The molecule has 0 saturated carbocycles. The molecule has 0 fully saturated rings. The van der Waals surface area contributed by atoms with E-state index in [0.717, 1.165) is 6.42 Å². The fourth-order valence-electron chi connectivity index (χ4n) is 0.841. The fraction of sp³-hybridized carbons (Fsp3) is 0.778. The van der Waals surface area contributed by atoms with Crippen molar-refractivity contribution in [3.8, 4) is 0 Å². The number of hydrogen-bond acceptors (Lipinski definition) is 1. The highest BCUT2D eigenvalue weighted by Gasteiger charge is 2.25. The summed E-state index contributed by atoms with van der Waals surface area (Å²) in [6.45, 7) is 10.1. The van der Waals surface area contributed by atoms with Crippen molar-refractivity contribution >= 4 is 0 Å². The van der Waals surface area contributed by atoms with Gasteiger partial charge in [-0.15, -0.1) is 6.58 Å². The highest BCUT2D eigenvalue weighted by molar-refractivity contribution is 4.86. The van der Waals surface area contributed by atoms with Crippen LogP contribution in [0.3, 0.4) is 0 Å². The standard InChI is InChI=1S/C9H18O/c1-6-7-9(4,10-5)8(2)3/h6,8H,1,7H2,2-5H3/t9-/m1/s1. The molecule has 0 aliphatic rings. The van der Waals surface area contributed by atoms with Gasteiger partial charge in [-0.1, -0.05) is 19.9 Å². The van der Waals surface area contributed by atoms with Crippen LogP contribution in [-0.2, 0) is 4.74 Å². The largest absolute Gasteiger partial charge is 0.378 e. The van der Waals surface area contributed by atoms with Crippen LogP contribution in [0.5, 0.6) is 0 Å². The van der Waals surface area contributed by atoms with E-state index in [0.29, 0.717) is 5.92 Å². The van der Waals surface area contributed by atoms with Gasteiger partial charge in [0.2, 0.25) is 0 Å². The van der Waals surface area contributed by atoms with Crippen LogP contribution in [0.25, 0.3) is 0 Å². The van der Waals surface area contributed by atoms with Gasteiger partial charge in [-0.25, -0.2) is 0 Å². The van der Waals surface area contributed by atoms with E-state index in [4.69, 9.17) is 4.74 Å². The highest BCUT2D eigenvalue weighted by Crippen LogP contribution is 2.24. The van der Waals surface area contributed by atoms with Gasteiger partial charge in [0, 0.05) is 7.11 Å². The van der Waals surface area contributed by atoms with E-state index in [1.54, 1.807) is 7.11 Å². The van der Waals surface area contributed by atoms with E-state index in [-0.39, 0.29) is 5.60 Å². The van der Waals surface area contributed by atoms with Crippen molar-refractivity contribution in [2.45, 2.75) is 32.8 Å². The van der Waals surface area contributed by atoms with Gasteiger partial charge >= 0.3 is 0 Å². The van der Waals surface area contributed by atoms with Crippen molar-refractivity contribution in [2.24, 2.45) is 5.92 Å². The minimum atomic E-state index is -0.0260. The van der Waals surface area contributed by atoms with Crippen LogP contribution >= 0.6 is 0 Å². The lowest BCUT2D eigenvalue weighted by molar-refractivity contribution is -0.0293. The molecular weight excluding hydrogens is 124 g/mol. The van der Waals surface area contributed by atoms with Crippen molar-refractivity contribution in [3.05, 3.63) is 12.7 Å². The van der Waals surface area contributed by atoms with Crippen LogP contribution in [0.15, 0.2) is 12.7 Å². The lowest BCUT2D eigenvalue weighted by atomic mass is 9.89. The number of hydrogen-bond donors (Lipinski definition) is 0. The van der Waals surface area contributed by atoms with Crippen molar-refractivity contribution in [1.82, 2.24) is 0 Å². The van der Waals surface area contributed by atoms with Crippen LogP contribution in [0.4, 0.5) is 0 Å². The second-order valence-corrected chi connectivity index (χ2v) is 3.16. The fourth-order valence-corrected chi connectivity index (χ4v) is 0.841. The third-order valence-corrected chi connectivity index (χ3v) is 2.24. The Morgan fingerprint density at radius 3 is 2.20 bits per heavy atom. The quantitative estimate of drug-likeness (QED) is 0.548. The summed E-state index contributed by atoms with van der Waals surface area (Å²) in [5.41, 5.74) is -0.0260. The van der Waals surface area contributed by atoms with Crippen LogP contribution < -0.4 is 0 Å². The molecule has 0 unspecified atom stereocenters. The first-order chi connectivity index (χ1) is 4.56. The van der Waals surface area contributed by atoms with Crippen molar-refractivity contribution in [1.29, 1.82) is 0 Å². The lowest BCUT2D eigenvalue weighted by Crippen LogP contribution is -2.32. The smallest absolute Gasteiger partial charge is 0.0707 e. The maximum atomic E-state index is 5.37. The molecule has 0 aliphatic carbocycles. The normalized spacial score (nSPS) is 16.9. The van der Waals surface area contributed by atoms with Gasteiger partial charge in [0.1, 0.15) is 0 Å². The second kappa shape index (κ2) is 3.77. The van der Waals surface area contributed by atoms with E-state index in [2.05, 4.69) is 27.4 Å². The Hall–Kier alpha value is -0.300. The van der Waals surface area contributed by atoms with Gasteiger partial charge in [-0.3, -0.25) is 0 Å². The van der Waals surface area contributed by atoms with Gasteiger partial charge in [0.05, 0.1) is 5.60 Å². The molecule has 1 atom stereocenters. The lowest BCUT2D eigenvalue weighted by Gasteiger charge is -2.31. The predicted octanol–water partition coefficient (Wildman–Crippen LogP) is 2.62. The summed E-state index contributed by atoms with van der Waals surface area (Å²) in [5.74, 6) is 0.537. The molecule has 60 valence electrons. The number of rotatable bonds is 4. The van der Waals surface area contributed by atoms with Gasteiger partial charge in [-0.05, 0) is 19.3 Å². The zero-order chi connectivity index (χ0) is 8.20. The Morgan fingerprint density at radius 2 is 2.10 bits per heavy atom. The summed E-state index contributed by atoms with van der Waals surface area (Å²) in [5, 5.41) is 0.